The van der Waals surface area contributed by atoms with E-state index in [0.29, 0.717) is 24.5 Å². The third kappa shape index (κ3) is 2.69. The van der Waals surface area contributed by atoms with E-state index >= 15 is 0 Å². The average molecular weight is 292 g/mol. The predicted molar refractivity (Wildman–Crippen MR) is 79.8 cm³/mol. The second-order valence-corrected chi connectivity index (χ2v) is 4.92. The molecule has 2 aromatic heterocycles. The van der Waals surface area contributed by atoms with Gasteiger partial charge >= 0.3 is 5.97 Å². The van der Waals surface area contributed by atoms with E-state index in [2.05, 4.69) is 10.1 Å². The summed E-state index contributed by atoms with van der Waals surface area (Å²) in [4.78, 5) is 17.8. The topological polar surface area (TPSA) is 80.5 Å². The average Bonchev–Trinajstić information content (AvgIpc) is 2.82. The van der Waals surface area contributed by atoms with E-state index in [1.165, 1.54) is 6.20 Å². The van der Waals surface area contributed by atoms with Gasteiger partial charge in [0.2, 0.25) is 0 Å². The standard InChI is InChI=1S/C14H20N4O3/c1-5-18(9(2)8-21-4)12-10-7-16-17(3)13(10)15-6-11(12)14(19)20/h6-7,9H,5,8H2,1-4H3,(H,19,20). The number of fused-ring (bicyclic) bond motifs is 1. The molecule has 21 heavy (non-hydrogen) atoms. The number of hydrogen-bond donors (Lipinski definition) is 1. The predicted octanol–water partition coefficient (Wildman–Crippen LogP) is 1.53. The molecule has 1 N–H and O–H groups in total. The van der Waals surface area contributed by atoms with Crippen LogP contribution in [-0.4, -0.2) is 52.1 Å². The molecule has 7 heteroatoms. The van der Waals surface area contributed by atoms with Crippen molar-refractivity contribution in [1.82, 2.24) is 14.8 Å². The largest absolute Gasteiger partial charge is 0.478 e. The van der Waals surface area contributed by atoms with Crippen LogP contribution in [-0.2, 0) is 11.8 Å². The monoisotopic (exact) mass is 292 g/mol. The van der Waals surface area contributed by atoms with Gasteiger partial charge in [0.25, 0.3) is 0 Å². The van der Waals surface area contributed by atoms with Crippen LogP contribution < -0.4 is 4.90 Å². The molecular weight excluding hydrogens is 272 g/mol. The van der Waals surface area contributed by atoms with Crippen molar-refractivity contribution < 1.29 is 14.6 Å². The molecule has 0 saturated heterocycles. The molecular formula is C14H20N4O3. The minimum absolute atomic E-state index is 0.0453. The van der Waals surface area contributed by atoms with Crippen LogP contribution in [0, 0.1) is 0 Å². The van der Waals surface area contributed by atoms with Gasteiger partial charge in [-0.05, 0) is 13.8 Å². The SMILES string of the molecule is CCN(c1c(C(=O)O)cnc2c1cnn2C)C(C)COC. The molecule has 2 heterocycles. The first-order chi connectivity index (χ1) is 10.0. The summed E-state index contributed by atoms with van der Waals surface area (Å²) < 4.78 is 6.84. The Morgan fingerprint density at radius 1 is 1.52 bits per heavy atom. The van der Waals surface area contributed by atoms with Crippen LogP contribution in [0.1, 0.15) is 24.2 Å². The van der Waals surface area contributed by atoms with Gasteiger partial charge in [0.15, 0.2) is 5.65 Å². The molecule has 2 aromatic rings. The first-order valence-electron chi connectivity index (χ1n) is 6.80. The number of carboxylic acid groups (broad SMARTS) is 1. The maximum atomic E-state index is 11.5. The van der Waals surface area contributed by atoms with E-state index < -0.39 is 5.97 Å². The van der Waals surface area contributed by atoms with Crippen molar-refractivity contribution in [1.29, 1.82) is 0 Å². The van der Waals surface area contributed by atoms with Gasteiger partial charge in [-0.2, -0.15) is 5.10 Å². The summed E-state index contributed by atoms with van der Waals surface area (Å²) in [6.07, 6.45) is 3.05. The van der Waals surface area contributed by atoms with Gasteiger partial charge in [-0.1, -0.05) is 0 Å². The second-order valence-electron chi connectivity index (χ2n) is 4.92. The fourth-order valence-electron chi connectivity index (χ4n) is 2.57. The zero-order chi connectivity index (χ0) is 15.6. The highest BCUT2D eigenvalue weighted by Gasteiger charge is 2.24. The summed E-state index contributed by atoms with van der Waals surface area (Å²) in [5, 5.41) is 14.4. The summed E-state index contributed by atoms with van der Waals surface area (Å²) in [7, 11) is 3.42. The number of pyridine rings is 1. The Morgan fingerprint density at radius 2 is 2.24 bits per heavy atom. The Kier molecular flexibility index (Phi) is 4.42. The fourth-order valence-corrected chi connectivity index (χ4v) is 2.57. The highest BCUT2D eigenvalue weighted by molar-refractivity contribution is 6.03. The number of carboxylic acids is 1. The van der Waals surface area contributed by atoms with E-state index in [4.69, 9.17) is 4.74 Å². The van der Waals surface area contributed by atoms with Crippen molar-refractivity contribution in [2.75, 3.05) is 25.2 Å². The summed E-state index contributed by atoms with van der Waals surface area (Å²) in [5.74, 6) is -0.994. The van der Waals surface area contributed by atoms with Gasteiger partial charge < -0.3 is 14.7 Å². The van der Waals surface area contributed by atoms with Crippen molar-refractivity contribution in [2.45, 2.75) is 19.9 Å². The van der Waals surface area contributed by atoms with Crippen LogP contribution in [0.2, 0.25) is 0 Å². The Bertz CT molecular complexity index is 653. The molecule has 0 fully saturated rings. The van der Waals surface area contributed by atoms with Crippen molar-refractivity contribution in [2.24, 2.45) is 7.05 Å². The number of methoxy groups -OCH3 is 1. The number of rotatable bonds is 6. The summed E-state index contributed by atoms with van der Waals surface area (Å²) in [6.45, 7) is 5.16. The Hall–Kier alpha value is -2.15. The van der Waals surface area contributed by atoms with Crippen molar-refractivity contribution in [3.63, 3.8) is 0 Å². The summed E-state index contributed by atoms with van der Waals surface area (Å²) >= 11 is 0. The minimum Gasteiger partial charge on any atom is -0.478 e. The Morgan fingerprint density at radius 3 is 2.81 bits per heavy atom. The zero-order valence-corrected chi connectivity index (χ0v) is 12.7. The normalized spacial score (nSPS) is 12.6. The zero-order valence-electron chi connectivity index (χ0n) is 12.7. The smallest absolute Gasteiger partial charge is 0.339 e. The number of aromatic carboxylic acids is 1. The van der Waals surface area contributed by atoms with Gasteiger partial charge in [0, 0.05) is 32.9 Å². The van der Waals surface area contributed by atoms with E-state index in [-0.39, 0.29) is 11.6 Å². The van der Waals surface area contributed by atoms with Crippen molar-refractivity contribution in [3.05, 3.63) is 18.0 Å². The molecule has 1 unspecified atom stereocenters. The molecule has 0 radical (unpaired) electrons. The maximum absolute atomic E-state index is 11.5. The lowest BCUT2D eigenvalue weighted by atomic mass is 10.1. The fraction of sp³-hybridized carbons (Fsp3) is 0.500. The molecule has 0 aromatic carbocycles. The maximum Gasteiger partial charge on any atom is 0.339 e. The van der Waals surface area contributed by atoms with Gasteiger partial charge in [-0.3, -0.25) is 4.68 Å². The molecule has 114 valence electrons. The Balaban J connectivity index is 2.67. The Labute approximate surface area is 123 Å². The second kappa shape index (κ2) is 6.09. The van der Waals surface area contributed by atoms with E-state index in [0.717, 1.165) is 5.39 Å². The molecule has 0 aliphatic heterocycles. The molecule has 0 aliphatic rings. The molecule has 0 aliphatic carbocycles. The summed E-state index contributed by atoms with van der Waals surface area (Å²) in [5.41, 5.74) is 1.49. The first-order valence-corrected chi connectivity index (χ1v) is 6.80. The van der Waals surface area contributed by atoms with E-state index in [9.17, 15) is 9.90 Å². The lowest BCUT2D eigenvalue weighted by Crippen LogP contribution is -2.37. The van der Waals surface area contributed by atoms with Crippen LogP contribution in [0.15, 0.2) is 12.4 Å². The number of nitrogens with zero attached hydrogens (tertiary/aromatic N) is 4. The quantitative estimate of drug-likeness (QED) is 0.869. The number of aromatic nitrogens is 3. The molecule has 1 atom stereocenters. The third-order valence-electron chi connectivity index (χ3n) is 3.53. The number of anilines is 1. The lowest BCUT2D eigenvalue weighted by molar-refractivity contribution is 0.0697. The van der Waals surface area contributed by atoms with Gasteiger partial charge in [0.1, 0.15) is 5.56 Å². The molecule has 0 bridgehead atoms. The summed E-state index contributed by atoms with van der Waals surface area (Å²) in [6, 6.07) is 0.0453. The van der Waals surface area contributed by atoms with E-state index in [1.54, 1.807) is 25.0 Å². The number of ether oxygens (including phenoxy) is 1. The van der Waals surface area contributed by atoms with Gasteiger partial charge in [-0.25, -0.2) is 9.78 Å². The van der Waals surface area contributed by atoms with Crippen LogP contribution in [0.3, 0.4) is 0 Å². The highest BCUT2D eigenvalue weighted by Crippen LogP contribution is 2.30. The number of aryl methyl sites for hydroxylation is 1. The molecule has 2 rings (SSSR count). The highest BCUT2D eigenvalue weighted by atomic mass is 16.5. The van der Waals surface area contributed by atoms with Crippen molar-refractivity contribution >= 4 is 22.7 Å². The number of hydrogen-bond acceptors (Lipinski definition) is 5. The van der Waals surface area contributed by atoms with E-state index in [1.807, 2.05) is 18.7 Å². The molecule has 0 saturated carbocycles. The molecule has 0 amide bonds. The third-order valence-corrected chi connectivity index (χ3v) is 3.53. The van der Waals surface area contributed by atoms with Crippen LogP contribution in [0.25, 0.3) is 11.0 Å². The minimum atomic E-state index is -0.994. The van der Waals surface area contributed by atoms with Gasteiger partial charge in [0.05, 0.1) is 23.9 Å². The van der Waals surface area contributed by atoms with Crippen molar-refractivity contribution in [3.8, 4) is 0 Å². The first kappa shape index (κ1) is 15.2. The lowest BCUT2D eigenvalue weighted by Gasteiger charge is -2.31. The number of carbonyl (C=O) groups is 1. The molecule has 7 nitrogen and oxygen atoms in total. The van der Waals surface area contributed by atoms with Crippen LogP contribution in [0.5, 0.6) is 0 Å². The molecule has 0 spiro atoms. The van der Waals surface area contributed by atoms with Crippen LogP contribution in [0.4, 0.5) is 5.69 Å². The van der Waals surface area contributed by atoms with Gasteiger partial charge in [-0.15, -0.1) is 0 Å². The number of likely N-dealkylation sites (N-methyl/N-ethyl adjacent to an activating group) is 1. The van der Waals surface area contributed by atoms with Crippen LogP contribution >= 0.6 is 0 Å².